The lowest BCUT2D eigenvalue weighted by molar-refractivity contribution is 0.102. The van der Waals surface area contributed by atoms with Crippen LogP contribution in [0.25, 0.3) is 0 Å². The predicted octanol–water partition coefficient (Wildman–Crippen LogP) is 3.95. The third-order valence-electron chi connectivity index (χ3n) is 4.40. The van der Waals surface area contributed by atoms with Gasteiger partial charge in [-0.05, 0) is 42.3 Å². The van der Waals surface area contributed by atoms with E-state index >= 15 is 0 Å². The third-order valence-corrected chi connectivity index (χ3v) is 5.34. The summed E-state index contributed by atoms with van der Waals surface area (Å²) in [7, 11) is 1.64. The summed E-state index contributed by atoms with van der Waals surface area (Å²) in [6, 6.07) is 13.8. The molecule has 5 heteroatoms. The Balaban J connectivity index is 1.75. The monoisotopic (exact) mass is 356 g/mol. The van der Waals surface area contributed by atoms with Crippen molar-refractivity contribution in [2.45, 2.75) is 13.5 Å². The molecule has 0 unspecified atom stereocenters. The van der Waals surface area contributed by atoms with Crippen molar-refractivity contribution in [2.24, 2.45) is 0 Å². The molecule has 132 valence electrons. The Labute approximate surface area is 153 Å². The molecule has 1 aliphatic heterocycles. The number of rotatable bonds is 5. The van der Waals surface area contributed by atoms with Gasteiger partial charge < -0.3 is 15.0 Å². The van der Waals surface area contributed by atoms with E-state index in [0.717, 1.165) is 29.9 Å². The highest BCUT2D eigenvalue weighted by molar-refractivity contribution is 7.99. The number of hydrogen-bond acceptors (Lipinski definition) is 4. The number of carbonyl (C=O) groups excluding carboxylic acids is 1. The van der Waals surface area contributed by atoms with Crippen LogP contribution in [-0.2, 0) is 11.3 Å². The van der Waals surface area contributed by atoms with Crippen LogP contribution in [0.3, 0.4) is 0 Å². The van der Waals surface area contributed by atoms with Crippen LogP contribution in [0.4, 0.5) is 11.4 Å². The number of hydrogen-bond donors (Lipinski definition) is 1. The molecule has 2 aromatic carbocycles. The topological polar surface area (TPSA) is 41.6 Å². The summed E-state index contributed by atoms with van der Waals surface area (Å²) >= 11 is 2.00. The number of nitrogens with zero attached hydrogens (tertiary/aromatic N) is 1. The van der Waals surface area contributed by atoms with Crippen LogP contribution in [-0.4, -0.2) is 37.6 Å². The highest BCUT2D eigenvalue weighted by Crippen LogP contribution is 2.25. The van der Waals surface area contributed by atoms with Gasteiger partial charge >= 0.3 is 0 Å². The zero-order chi connectivity index (χ0) is 17.6. The van der Waals surface area contributed by atoms with E-state index < -0.39 is 0 Å². The molecule has 0 aromatic heterocycles. The molecule has 1 amide bonds. The lowest BCUT2D eigenvalue weighted by atomic mass is 10.1. The van der Waals surface area contributed by atoms with Crippen molar-refractivity contribution in [3.63, 3.8) is 0 Å². The Bertz CT molecular complexity index is 742. The van der Waals surface area contributed by atoms with Crippen LogP contribution in [0, 0.1) is 6.92 Å². The Hall–Kier alpha value is -1.98. The maximum atomic E-state index is 12.7. The minimum atomic E-state index is -0.0992. The van der Waals surface area contributed by atoms with E-state index in [-0.39, 0.29) is 5.91 Å². The molecule has 1 fully saturated rings. The first-order valence-corrected chi connectivity index (χ1v) is 9.66. The van der Waals surface area contributed by atoms with Crippen molar-refractivity contribution in [2.75, 3.05) is 41.9 Å². The zero-order valence-corrected chi connectivity index (χ0v) is 15.6. The summed E-state index contributed by atoms with van der Waals surface area (Å²) in [5, 5.41) is 3.04. The number of amides is 1. The van der Waals surface area contributed by atoms with Crippen LogP contribution in [0.1, 0.15) is 21.5 Å². The number of aryl methyl sites for hydroxylation is 1. The minimum absolute atomic E-state index is 0.0992. The maximum absolute atomic E-state index is 12.7. The molecular formula is C20H24N2O2S. The first-order valence-electron chi connectivity index (χ1n) is 8.50. The fourth-order valence-electron chi connectivity index (χ4n) is 3.02. The highest BCUT2D eigenvalue weighted by Gasteiger charge is 2.14. The minimum Gasteiger partial charge on any atom is -0.380 e. The lowest BCUT2D eigenvalue weighted by Gasteiger charge is -2.29. The van der Waals surface area contributed by atoms with Gasteiger partial charge in [-0.2, -0.15) is 11.8 Å². The van der Waals surface area contributed by atoms with Gasteiger partial charge in [0.2, 0.25) is 0 Å². The zero-order valence-electron chi connectivity index (χ0n) is 14.7. The van der Waals surface area contributed by atoms with Crippen LogP contribution in [0.5, 0.6) is 0 Å². The molecule has 1 aliphatic rings. The Morgan fingerprint density at radius 2 is 1.96 bits per heavy atom. The van der Waals surface area contributed by atoms with Crippen molar-refractivity contribution >= 4 is 29.0 Å². The molecule has 1 heterocycles. The van der Waals surface area contributed by atoms with Gasteiger partial charge in [0.25, 0.3) is 5.91 Å². The smallest absolute Gasteiger partial charge is 0.256 e. The van der Waals surface area contributed by atoms with Crippen molar-refractivity contribution in [1.82, 2.24) is 0 Å². The van der Waals surface area contributed by atoms with E-state index in [2.05, 4.69) is 22.3 Å². The summed E-state index contributed by atoms with van der Waals surface area (Å²) in [6.45, 7) is 4.63. The van der Waals surface area contributed by atoms with Crippen molar-refractivity contribution < 1.29 is 9.53 Å². The molecule has 3 rings (SSSR count). The molecule has 2 aromatic rings. The van der Waals surface area contributed by atoms with Gasteiger partial charge in [-0.15, -0.1) is 0 Å². The number of thioether (sulfide) groups is 1. The van der Waals surface area contributed by atoms with Crippen molar-refractivity contribution in [3.8, 4) is 0 Å². The second-order valence-corrected chi connectivity index (χ2v) is 7.37. The molecule has 0 spiro atoms. The molecule has 0 aliphatic carbocycles. The Kier molecular flexibility index (Phi) is 6.00. The standard InChI is InChI=1S/C20H24N2O2S/c1-15-13-17(22-9-11-25-12-10-22)7-8-19(15)21-20(23)18-6-4-3-5-16(18)14-24-2/h3-8,13H,9-12,14H2,1-2H3,(H,21,23). The molecule has 0 radical (unpaired) electrons. The molecule has 25 heavy (non-hydrogen) atoms. The third kappa shape index (κ3) is 4.35. The van der Waals surface area contributed by atoms with Gasteiger partial charge in [0.15, 0.2) is 0 Å². The average molecular weight is 356 g/mol. The van der Waals surface area contributed by atoms with E-state index in [0.29, 0.717) is 12.2 Å². The summed E-state index contributed by atoms with van der Waals surface area (Å²) < 4.78 is 5.19. The van der Waals surface area contributed by atoms with Gasteiger partial charge in [0.05, 0.1) is 6.61 Å². The Morgan fingerprint density at radius 1 is 1.20 bits per heavy atom. The molecule has 0 bridgehead atoms. The van der Waals surface area contributed by atoms with Gasteiger partial charge in [-0.25, -0.2) is 0 Å². The fourth-order valence-corrected chi connectivity index (χ4v) is 3.92. The molecule has 1 N–H and O–H groups in total. The first kappa shape index (κ1) is 17.8. The van der Waals surface area contributed by atoms with Gasteiger partial charge in [-0.1, -0.05) is 18.2 Å². The SMILES string of the molecule is COCc1ccccc1C(=O)Nc1ccc(N2CCSCC2)cc1C. The normalized spacial score (nSPS) is 14.4. The van der Waals surface area contributed by atoms with E-state index in [9.17, 15) is 4.79 Å². The van der Waals surface area contributed by atoms with E-state index in [1.54, 1.807) is 7.11 Å². The lowest BCUT2D eigenvalue weighted by Crippen LogP contribution is -2.32. The summed E-state index contributed by atoms with van der Waals surface area (Å²) in [5.41, 5.74) is 4.71. The number of benzene rings is 2. The summed E-state index contributed by atoms with van der Waals surface area (Å²) in [4.78, 5) is 15.1. The van der Waals surface area contributed by atoms with E-state index in [1.165, 1.54) is 17.2 Å². The number of nitrogens with one attached hydrogen (secondary N) is 1. The van der Waals surface area contributed by atoms with E-state index in [4.69, 9.17) is 4.74 Å². The second-order valence-electron chi connectivity index (χ2n) is 6.14. The Morgan fingerprint density at radius 3 is 2.68 bits per heavy atom. The largest absolute Gasteiger partial charge is 0.380 e. The van der Waals surface area contributed by atoms with Gasteiger partial charge in [0, 0.05) is 48.6 Å². The predicted molar refractivity (Wildman–Crippen MR) is 106 cm³/mol. The number of ether oxygens (including phenoxy) is 1. The van der Waals surface area contributed by atoms with Crippen LogP contribution in [0.15, 0.2) is 42.5 Å². The van der Waals surface area contributed by atoms with Crippen molar-refractivity contribution in [1.29, 1.82) is 0 Å². The number of anilines is 2. The van der Waals surface area contributed by atoms with Crippen molar-refractivity contribution in [3.05, 3.63) is 59.2 Å². The van der Waals surface area contributed by atoms with Crippen LogP contribution >= 0.6 is 11.8 Å². The van der Waals surface area contributed by atoms with Crippen LogP contribution < -0.4 is 10.2 Å². The average Bonchev–Trinajstić information content (AvgIpc) is 2.65. The van der Waals surface area contributed by atoms with E-state index in [1.807, 2.05) is 49.0 Å². The summed E-state index contributed by atoms with van der Waals surface area (Å²) in [5.74, 6) is 2.25. The number of methoxy groups -OCH3 is 1. The maximum Gasteiger partial charge on any atom is 0.256 e. The number of carbonyl (C=O) groups is 1. The van der Waals surface area contributed by atoms with Gasteiger partial charge in [-0.3, -0.25) is 4.79 Å². The molecule has 0 atom stereocenters. The quantitative estimate of drug-likeness (QED) is 0.881. The van der Waals surface area contributed by atoms with Crippen LogP contribution in [0.2, 0.25) is 0 Å². The molecular weight excluding hydrogens is 332 g/mol. The fraction of sp³-hybridized carbons (Fsp3) is 0.350. The molecule has 0 saturated carbocycles. The molecule has 1 saturated heterocycles. The highest BCUT2D eigenvalue weighted by atomic mass is 32.2. The first-order chi connectivity index (χ1) is 12.2. The second kappa shape index (κ2) is 8.41. The molecule has 4 nitrogen and oxygen atoms in total. The van der Waals surface area contributed by atoms with Gasteiger partial charge in [0.1, 0.15) is 0 Å². The summed E-state index contributed by atoms with van der Waals surface area (Å²) in [6.07, 6.45) is 0.